The fourth-order valence-electron chi connectivity index (χ4n) is 4.23. The van der Waals surface area contributed by atoms with Gasteiger partial charge in [0, 0.05) is 33.0 Å². The van der Waals surface area contributed by atoms with Gasteiger partial charge in [0.25, 0.3) is 11.8 Å². The second-order valence-electron chi connectivity index (χ2n) is 13.1. The minimum atomic E-state index is -6.88. The highest BCUT2D eigenvalue weighted by atomic mass is 19.4. The van der Waals surface area contributed by atoms with Crippen LogP contribution in [0.25, 0.3) is 0 Å². The minimum absolute atomic E-state index is 0.0641. The molecule has 0 fully saturated rings. The molecule has 0 saturated carbocycles. The first-order valence-corrected chi connectivity index (χ1v) is 20.5. The predicted octanol–water partition coefficient (Wildman–Crippen LogP) is 3.64. The molecule has 0 bridgehead atoms. The number of halogens is 11. The number of ether oxygens (including phenoxy) is 13. The van der Waals surface area contributed by atoms with E-state index in [2.05, 4.69) is 14.8 Å². The van der Waals surface area contributed by atoms with Gasteiger partial charge in [0.2, 0.25) is 12.0 Å². The largest absolute Gasteiger partial charge is 0.457 e. The van der Waals surface area contributed by atoms with Gasteiger partial charge in [-0.2, -0.15) is 39.5 Å². The zero-order valence-corrected chi connectivity index (χ0v) is 36.5. The fraction of sp³-hybridized carbons (Fsp3) is 0.946. The summed E-state index contributed by atoms with van der Waals surface area (Å²) in [4.78, 5) is 23.8. The number of nitrogens with one attached hydrogen (secondary N) is 2. The van der Waals surface area contributed by atoms with Gasteiger partial charge in [-0.05, 0) is 6.42 Å². The van der Waals surface area contributed by atoms with E-state index in [0.29, 0.717) is 72.6 Å². The maximum Gasteiger partial charge on any atom is 0.457 e. The summed E-state index contributed by atoms with van der Waals surface area (Å²) in [6.45, 7) is 4.96. The molecule has 0 aliphatic carbocycles. The monoisotopic (exact) mass is 984 g/mol. The van der Waals surface area contributed by atoms with Crippen LogP contribution < -0.4 is 10.6 Å². The molecule has 2 N–H and O–H groups in total. The Labute approximate surface area is 370 Å². The van der Waals surface area contributed by atoms with E-state index in [0.717, 1.165) is 13.0 Å². The number of hydrogen-bond donors (Lipinski definition) is 2. The molecule has 0 heterocycles. The molecule has 0 rings (SSSR count). The summed E-state index contributed by atoms with van der Waals surface area (Å²) in [7, 11) is 0. The van der Waals surface area contributed by atoms with E-state index in [-0.39, 0.29) is 85.3 Å². The van der Waals surface area contributed by atoms with Crippen LogP contribution in [0.1, 0.15) is 26.7 Å². The maximum absolute atomic E-state index is 14.2. The Morgan fingerprint density at radius 3 is 1.11 bits per heavy atom. The second-order valence-corrected chi connectivity index (χ2v) is 13.1. The van der Waals surface area contributed by atoms with Crippen LogP contribution in [0, 0.1) is 0 Å². The van der Waals surface area contributed by atoms with Crippen LogP contribution in [0.4, 0.5) is 48.3 Å². The van der Waals surface area contributed by atoms with Crippen LogP contribution in [0.3, 0.4) is 0 Å². The fourth-order valence-corrected chi connectivity index (χ4v) is 4.23. The standard InChI is InChI=1S/C37H63F11N2O15/c1-3-7-53-11-15-57-19-23-61-27-28-62-24-20-58-16-12-54-8-4-30(51)49-5-9-55-13-17-59-21-25-63-26-22-60-18-14-56-10-6-50-32(52)31(34(40,41)42)65-37(47,48)35(43,36(44,45)46)64-29-33(2,38)39/h31H,3-29H2,1-2H3,(H,49,51)(H,50,52). The van der Waals surface area contributed by atoms with Crippen molar-refractivity contribution in [1.82, 2.24) is 10.6 Å². The number of hydrogen-bond acceptors (Lipinski definition) is 15. The lowest BCUT2D eigenvalue weighted by Gasteiger charge is -2.36. The van der Waals surface area contributed by atoms with Crippen molar-refractivity contribution in [2.24, 2.45) is 0 Å². The van der Waals surface area contributed by atoms with Gasteiger partial charge < -0.3 is 67.5 Å². The van der Waals surface area contributed by atoms with Crippen molar-refractivity contribution in [2.45, 2.75) is 63.0 Å². The Balaban J connectivity index is 3.74. The third-order valence-corrected chi connectivity index (χ3v) is 7.35. The zero-order valence-electron chi connectivity index (χ0n) is 36.5. The highest BCUT2D eigenvalue weighted by molar-refractivity contribution is 5.81. The van der Waals surface area contributed by atoms with Crippen molar-refractivity contribution >= 4 is 11.8 Å². The molecule has 2 unspecified atom stereocenters. The molecule has 0 aromatic rings. The summed E-state index contributed by atoms with van der Waals surface area (Å²) in [5, 5.41) is 4.12. The third kappa shape index (κ3) is 33.7. The molecule has 0 aliphatic rings. The van der Waals surface area contributed by atoms with E-state index in [9.17, 15) is 57.9 Å². The van der Waals surface area contributed by atoms with Gasteiger partial charge >= 0.3 is 24.3 Å². The molecule has 17 nitrogen and oxygen atoms in total. The van der Waals surface area contributed by atoms with Crippen molar-refractivity contribution < 1.29 is 119 Å². The molecule has 388 valence electrons. The van der Waals surface area contributed by atoms with Gasteiger partial charge in [-0.3, -0.25) is 14.3 Å². The third-order valence-electron chi connectivity index (χ3n) is 7.35. The average Bonchev–Trinajstić information content (AvgIpc) is 3.22. The molecular weight excluding hydrogens is 921 g/mol. The lowest BCUT2D eigenvalue weighted by Crippen LogP contribution is -2.62. The predicted molar refractivity (Wildman–Crippen MR) is 202 cm³/mol. The van der Waals surface area contributed by atoms with Gasteiger partial charge in [-0.15, -0.1) is 0 Å². The number of amides is 2. The van der Waals surface area contributed by atoms with Gasteiger partial charge in [-0.1, -0.05) is 6.92 Å². The summed E-state index contributed by atoms with van der Waals surface area (Å²) in [5.74, 6) is -13.5. The van der Waals surface area contributed by atoms with Crippen LogP contribution in [0.5, 0.6) is 0 Å². The first kappa shape index (κ1) is 62.6. The number of alkyl halides is 11. The Bertz CT molecular complexity index is 1180. The van der Waals surface area contributed by atoms with Crippen LogP contribution >= 0.6 is 0 Å². The van der Waals surface area contributed by atoms with E-state index < -0.39 is 62.0 Å². The van der Waals surface area contributed by atoms with Gasteiger partial charge in [-0.25, -0.2) is 8.78 Å². The van der Waals surface area contributed by atoms with Gasteiger partial charge in [0.15, 0.2) is 0 Å². The summed E-state index contributed by atoms with van der Waals surface area (Å²) >= 11 is 0. The summed E-state index contributed by atoms with van der Waals surface area (Å²) in [6, 6.07) is 0. The Morgan fingerprint density at radius 1 is 0.462 bits per heavy atom. The first-order chi connectivity index (χ1) is 30.7. The smallest absolute Gasteiger partial charge is 0.379 e. The summed E-state index contributed by atoms with van der Waals surface area (Å²) < 4.78 is 211. The van der Waals surface area contributed by atoms with Crippen LogP contribution in [-0.2, 0) is 71.2 Å². The maximum atomic E-state index is 14.2. The molecule has 2 atom stereocenters. The molecule has 0 aromatic carbocycles. The molecule has 0 spiro atoms. The summed E-state index contributed by atoms with van der Waals surface area (Å²) in [6.07, 6.45) is -22.8. The van der Waals surface area contributed by atoms with Crippen LogP contribution in [-0.4, -0.2) is 213 Å². The SMILES string of the molecule is CCCOCCOCCOCCOCCOCCOCCC(=O)NCCOCCOCCOCCOCCOCCNC(=O)C(OC(F)(F)C(F)(OCC(C)(F)F)C(F)(F)F)C(F)(F)F. The lowest BCUT2D eigenvalue weighted by atomic mass is 10.2. The van der Waals surface area contributed by atoms with E-state index in [1.54, 1.807) is 0 Å². The van der Waals surface area contributed by atoms with E-state index in [4.69, 9.17) is 52.1 Å². The topological polar surface area (TPSA) is 178 Å². The molecule has 0 radical (unpaired) electrons. The molecule has 0 aromatic heterocycles. The number of rotatable bonds is 45. The summed E-state index contributed by atoms with van der Waals surface area (Å²) in [5.41, 5.74) is 0. The van der Waals surface area contributed by atoms with Crippen molar-refractivity contribution in [3.63, 3.8) is 0 Å². The quantitative estimate of drug-likeness (QED) is 0.0668. The van der Waals surface area contributed by atoms with Crippen molar-refractivity contribution in [1.29, 1.82) is 0 Å². The van der Waals surface area contributed by atoms with E-state index in [1.807, 2.05) is 6.92 Å². The van der Waals surface area contributed by atoms with Crippen LogP contribution in [0.15, 0.2) is 0 Å². The highest BCUT2D eigenvalue weighted by Gasteiger charge is 2.76. The average molecular weight is 985 g/mol. The molecule has 28 heteroatoms. The Morgan fingerprint density at radius 2 is 0.785 bits per heavy atom. The molecule has 2 amide bonds. The van der Waals surface area contributed by atoms with Gasteiger partial charge in [0.05, 0.1) is 139 Å². The lowest BCUT2D eigenvalue weighted by molar-refractivity contribution is -0.474. The molecule has 65 heavy (non-hydrogen) atoms. The molecular formula is C37H63F11N2O15. The zero-order chi connectivity index (χ0) is 48.9. The van der Waals surface area contributed by atoms with E-state index >= 15 is 0 Å². The van der Waals surface area contributed by atoms with Crippen molar-refractivity contribution in [3.8, 4) is 0 Å². The minimum Gasteiger partial charge on any atom is -0.379 e. The second kappa shape index (κ2) is 36.7. The van der Waals surface area contributed by atoms with Crippen molar-refractivity contribution in [2.75, 3.05) is 165 Å². The van der Waals surface area contributed by atoms with Crippen molar-refractivity contribution in [3.05, 3.63) is 0 Å². The normalized spacial score (nSPS) is 14.1. The number of carbonyl (C=O) groups excluding carboxylic acids is 2. The first-order valence-electron chi connectivity index (χ1n) is 20.5. The van der Waals surface area contributed by atoms with E-state index in [1.165, 1.54) is 5.32 Å². The van der Waals surface area contributed by atoms with Crippen LogP contribution in [0.2, 0.25) is 0 Å². The Hall–Kier alpha value is -2.35. The highest BCUT2D eigenvalue weighted by Crippen LogP contribution is 2.48. The number of carbonyl (C=O) groups is 2. The molecule has 0 saturated heterocycles. The van der Waals surface area contributed by atoms with Gasteiger partial charge in [0.1, 0.15) is 6.61 Å². The Kier molecular flexibility index (Phi) is 35.3. The molecule has 0 aliphatic heterocycles.